The molecule has 0 unspecified atom stereocenters. The molecule has 0 fully saturated rings. The number of carbonyl (C=O) groups is 2. The van der Waals surface area contributed by atoms with Gasteiger partial charge in [0.05, 0.1) is 6.54 Å². The maximum Gasteiger partial charge on any atom is 0.223 e. The van der Waals surface area contributed by atoms with E-state index < -0.39 is 0 Å². The summed E-state index contributed by atoms with van der Waals surface area (Å²) >= 11 is 0. The van der Waals surface area contributed by atoms with Gasteiger partial charge in [-0.05, 0) is 43.1 Å². The summed E-state index contributed by atoms with van der Waals surface area (Å²) in [6.07, 6.45) is 3.05. The van der Waals surface area contributed by atoms with E-state index in [0.717, 1.165) is 49.2 Å². The summed E-state index contributed by atoms with van der Waals surface area (Å²) < 4.78 is 0. The fourth-order valence-electron chi connectivity index (χ4n) is 2.51. The normalized spacial score (nSPS) is 13.4. The number of fused-ring (bicyclic) bond motifs is 1. The van der Waals surface area contributed by atoms with Crippen LogP contribution >= 0.6 is 0 Å². The molecule has 1 N–H and O–H groups in total. The second kappa shape index (κ2) is 6.66. The molecule has 4 heteroatoms. The lowest BCUT2D eigenvalue weighted by molar-refractivity contribution is -0.116. The van der Waals surface area contributed by atoms with Gasteiger partial charge in [0.1, 0.15) is 0 Å². The van der Waals surface area contributed by atoms with Crippen LogP contribution in [-0.2, 0) is 11.2 Å². The summed E-state index contributed by atoms with van der Waals surface area (Å²) in [6, 6.07) is 5.65. The molecule has 20 heavy (non-hydrogen) atoms. The highest BCUT2D eigenvalue weighted by atomic mass is 16.2. The second-order valence-electron chi connectivity index (χ2n) is 5.22. The van der Waals surface area contributed by atoms with Gasteiger partial charge in [0.2, 0.25) is 5.91 Å². The Kier molecular flexibility index (Phi) is 4.90. The van der Waals surface area contributed by atoms with Crippen LogP contribution in [-0.4, -0.2) is 31.3 Å². The van der Waals surface area contributed by atoms with E-state index in [0.29, 0.717) is 6.54 Å². The molecular formula is C16H22N2O2. The average molecular weight is 274 g/mol. The molecular weight excluding hydrogens is 252 g/mol. The number of Topliss-reactive ketones (excluding diaryl/α,β-unsaturated/α-hetero) is 1. The van der Waals surface area contributed by atoms with Crippen molar-refractivity contribution in [3.8, 4) is 0 Å². The van der Waals surface area contributed by atoms with Crippen molar-refractivity contribution in [2.45, 2.75) is 33.1 Å². The van der Waals surface area contributed by atoms with Crippen molar-refractivity contribution < 1.29 is 9.59 Å². The number of nitrogens with one attached hydrogen (secondary N) is 1. The number of anilines is 1. The minimum atomic E-state index is 0.0593. The minimum Gasteiger partial charge on any atom is -0.312 e. The number of nitrogens with zero attached hydrogens (tertiary/aromatic N) is 1. The van der Waals surface area contributed by atoms with Crippen LogP contribution in [0.3, 0.4) is 0 Å². The molecule has 1 aromatic carbocycles. The van der Waals surface area contributed by atoms with Gasteiger partial charge in [0.15, 0.2) is 5.78 Å². The second-order valence-corrected chi connectivity index (χ2v) is 5.22. The first kappa shape index (κ1) is 14.7. The maximum absolute atomic E-state index is 12.1. The molecule has 1 aromatic rings. The van der Waals surface area contributed by atoms with E-state index in [2.05, 4.69) is 12.2 Å². The van der Waals surface area contributed by atoms with E-state index in [-0.39, 0.29) is 11.7 Å². The summed E-state index contributed by atoms with van der Waals surface area (Å²) in [7, 11) is 0. The van der Waals surface area contributed by atoms with Gasteiger partial charge in [-0.2, -0.15) is 0 Å². The van der Waals surface area contributed by atoms with Crippen molar-refractivity contribution in [3.63, 3.8) is 0 Å². The molecule has 0 saturated carbocycles. The van der Waals surface area contributed by atoms with Gasteiger partial charge in [-0.15, -0.1) is 0 Å². The van der Waals surface area contributed by atoms with Crippen LogP contribution in [0.5, 0.6) is 0 Å². The average Bonchev–Trinajstić information content (AvgIpc) is 2.86. The zero-order chi connectivity index (χ0) is 14.5. The lowest BCUT2D eigenvalue weighted by Gasteiger charge is -2.14. The summed E-state index contributed by atoms with van der Waals surface area (Å²) in [5, 5.41) is 3.17. The van der Waals surface area contributed by atoms with E-state index in [1.807, 2.05) is 18.2 Å². The number of hydrogen-bond donors (Lipinski definition) is 1. The van der Waals surface area contributed by atoms with Crippen molar-refractivity contribution in [2.24, 2.45) is 0 Å². The van der Waals surface area contributed by atoms with Crippen LogP contribution in [0.1, 0.15) is 42.6 Å². The highest BCUT2D eigenvalue weighted by molar-refractivity contribution is 5.99. The van der Waals surface area contributed by atoms with Crippen molar-refractivity contribution in [2.75, 3.05) is 24.5 Å². The smallest absolute Gasteiger partial charge is 0.223 e. The fraction of sp³-hybridized carbons (Fsp3) is 0.500. The minimum absolute atomic E-state index is 0.0593. The van der Waals surface area contributed by atoms with E-state index in [4.69, 9.17) is 0 Å². The third-order valence-corrected chi connectivity index (χ3v) is 3.67. The highest BCUT2D eigenvalue weighted by Gasteiger charge is 2.22. The molecule has 0 bridgehead atoms. The molecule has 108 valence electrons. The van der Waals surface area contributed by atoms with Crippen molar-refractivity contribution in [1.29, 1.82) is 0 Å². The highest BCUT2D eigenvalue weighted by Crippen LogP contribution is 2.28. The number of rotatable bonds is 6. The van der Waals surface area contributed by atoms with Crippen molar-refractivity contribution in [1.82, 2.24) is 5.32 Å². The SMILES string of the molecule is CCCCNCC(=O)c1ccc2c(c1)CCN2C(C)=O. The molecule has 2 rings (SSSR count). The number of hydrogen-bond acceptors (Lipinski definition) is 3. The zero-order valence-electron chi connectivity index (χ0n) is 12.2. The Labute approximate surface area is 120 Å². The predicted molar refractivity (Wildman–Crippen MR) is 80.3 cm³/mol. The molecule has 0 aromatic heterocycles. The summed E-state index contributed by atoms with van der Waals surface area (Å²) in [6.45, 7) is 5.69. The molecule has 1 amide bonds. The quantitative estimate of drug-likeness (QED) is 0.639. The van der Waals surface area contributed by atoms with Crippen LogP contribution in [0.15, 0.2) is 18.2 Å². The van der Waals surface area contributed by atoms with Crippen molar-refractivity contribution >= 4 is 17.4 Å². The van der Waals surface area contributed by atoms with Crippen molar-refractivity contribution in [3.05, 3.63) is 29.3 Å². The van der Waals surface area contributed by atoms with Crippen LogP contribution in [0.2, 0.25) is 0 Å². The van der Waals surface area contributed by atoms with E-state index in [9.17, 15) is 9.59 Å². The van der Waals surface area contributed by atoms with Gasteiger partial charge >= 0.3 is 0 Å². The van der Waals surface area contributed by atoms with Crippen LogP contribution < -0.4 is 10.2 Å². The summed E-state index contributed by atoms with van der Waals surface area (Å²) in [5.41, 5.74) is 2.78. The molecule has 0 aliphatic carbocycles. The summed E-state index contributed by atoms with van der Waals surface area (Å²) in [5.74, 6) is 0.175. The predicted octanol–water partition coefficient (Wildman–Crippen LogP) is 2.17. The Bertz CT molecular complexity index is 511. The Morgan fingerprint density at radius 2 is 2.15 bits per heavy atom. The van der Waals surface area contributed by atoms with Crippen LogP contribution in [0.4, 0.5) is 5.69 Å². The lowest BCUT2D eigenvalue weighted by atomic mass is 10.1. The number of carbonyl (C=O) groups excluding carboxylic acids is 2. The molecule has 1 heterocycles. The Morgan fingerprint density at radius 1 is 1.35 bits per heavy atom. The number of benzene rings is 1. The summed E-state index contributed by atoms with van der Waals surface area (Å²) in [4.78, 5) is 25.3. The molecule has 1 aliphatic rings. The maximum atomic E-state index is 12.1. The topological polar surface area (TPSA) is 49.4 Å². The Morgan fingerprint density at radius 3 is 2.85 bits per heavy atom. The first-order chi connectivity index (χ1) is 9.63. The molecule has 0 radical (unpaired) electrons. The molecule has 4 nitrogen and oxygen atoms in total. The fourth-order valence-corrected chi connectivity index (χ4v) is 2.51. The number of amides is 1. The lowest BCUT2D eigenvalue weighted by Crippen LogP contribution is -2.26. The standard InChI is InChI=1S/C16H22N2O2/c1-3-4-8-17-11-16(20)14-5-6-15-13(10-14)7-9-18(15)12(2)19/h5-6,10,17H,3-4,7-9,11H2,1-2H3. The van der Waals surface area contributed by atoms with Gasteiger partial charge in [-0.25, -0.2) is 0 Å². The van der Waals surface area contributed by atoms with E-state index in [1.54, 1.807) is 11.8 Å². The van der Waals surface area contributed by atoms with Gasteiger partial charge in [-0.3, -0.25) is 9.59 Å². The van der Waals surface area contributed by atoms with Gasteiger partial charge in [-0.1, -0.05) is 13.3 Å². The first-order valence-corrected chi connectivity index (χ1v) is 7.28. The largest absolute Gasteiger partial charge is 0.312 e. The molecule has 0 saturated heterocycles. The van der Waals surface area contributed by atoms with Crippen LogP contribution in [0, 0.1) is 0 Å². The van der Waals surface area contributed by atoms with Gasteiger partial charge in [0.25, 0.3) is 0 Å². The monoisotopic (exact) mass is 274 g/mol. The first-order valence-electron chi connectivity index (χ1n) is 7.28. The Balaban J connectivity index is 2.01. The van der Waals surface area contributed by atoms with E-state index >= 15 is 0 Å². The Hall–Kier alpha value is -1.68. The third-order valence-electron chi connectivity index (χ3n) is 3.67. The molecule has 1 aliphatic heterocycles. The van der Waals surface area contributed by atoms with Crippen LogP contribution in [0.25, 0.3) is 0 Å². The molecule has 0 atom stereocenters. The zero-order valence-corrected chi connectivity index (χ0v) is 12.2. The number of ketones is 1. The third kappa shape index (κ3) is 3.25. The van der Waals surface area contributed by atoms with E-state index in [1.165, 1.54) is 0 Å². The molecule has 0 spiro atoms. The van der Waals surface area contributed by atoms with Gasteiger partial charge in [0, 0.05) is 24.7 Å². The van der Waals surface area contributed by atoms with Gasteiger partial charge < -0.3 is 10.2 Å². The number of unbranched alkanes of at least 4 members (excludes halogenated alkanes) is 1.